The van der Waals surface area contributed by atoms with E-state index in [1.807, 2.05) is 0 Å². The van der Waals surface area contributed by atoms with Crippen LogP contribution >= 0.6 is 0 Å². The highest BCUT2D eigenvalue weighted by atomic mass is 19.4. The number of hydrogen-bond acceptors (Lipinski definition) is 3. The SMILES string of the molecule is CCCCCc1cc(C2(C)N=C(N)N(C)C(=O)C2c2ccc(C(F)(F)F)cc2)ccc1F. The van der Waals surface area contributed by atoms with Crippen LogP contribution in [0.4, 0.5) is 17.6 Å². The lowest BCUT2D eigenvalue weighted by atomic mass is 9.74. The summed E-state index contributed by atoms with van der Waals surface area (Å²) in [5, 5.41) is 0. The van der Waals surface area contributed by atoms with Crippen LogP contribution in [-0.4, -0.2) is 23.8 Å². The first-order valence-corrected chi connectivity index (χ1v) is 10.6. The molecule has 2 atom stereocenters. The molecule has 0 fully saturated rings. The second-order valence-corrected chi connectivity index (χ2v) is 8.33. The molecule has 2 aromatic carbocycles. The summed E-state index contributed by atoms with van der Waals surface area (Å²) in [6.07, 6.45) is -1.16. The van der Waals surface area contributed by atoms with Gasteiger partial charge in [-0.3, -0.25) is 9.69 Å². The molecule has 2 N–H and O–H groups in total. The van der Waals surface area contributed by atoms with Gasteiger partial charge in [0, 0.05) is 7.05 Å². The van der Waals surface area contributed by atoms with E-state index in [1.165, 1.54) is 30.1 Å². The summed E-state index contributed by atoms with van der Waals surface area (Å²) in [7, 11) is 1.47. The third kappa shape index (κ3) is 4.49. The van der Waals surface area contributed by atoms with Crippen LogP contribution in [0.2, 0.25) is 0 Å². The zero-order valence-electron chi connectivity index (χ0n) is 18.3. The number of carbonyl (C=O) groups excluding carboxylic acids is 1. The summed E-state index contributed by atoms with van der Waals surface area (Å²) in [4.78, 5) is 19.0. The first kappa shape index (κ1) is 23.8. The average molecular weight is 449 g/mol. The van der Waals surface area contributed by atoms with Crippen molar-refractivity contribution in [2.45, 2.75) is 57.2 Å². The fourth-order valence-electron chi connectivity index (χ4n) is 4.13. The van der Waals surface area contributed by atoms with E-state index in [0.29, 0.717) is 23.1 Å². The van der Waals surface area contributed by atoms with Gasteiger partial charge in [0.05, 0.1) is 11.5 Å². The van der Waals surface area contributed by atoms with Crippen molar-refractivity contribution in [1.82, 2.24) is 4.90 Å². The van der Waals surface area contributed by atoms with Crippen molar-refractivity contribution in [2.75, 3.05) is 7.05 Å². The zero-order chi connectivity index (χ0) is 23.7. The number of halogens is 4. The molecule has 0 saturated carbocycles. The van der Waals surface area contributed by atoms with Crippen molar-refractivity contribution in [3.63, 3.8) is 0 Å². The molecule has 0 spiro atoms. The molecule has 4 nitrogen and oxygen atoms in total. The fraction of sp³-hybridized carbons (Fsp3) is 0.417. The Morgan fingerprint density at radius 1 is 1.12 bits per heavy atom. The van der Waals surface area contributed by atoms with E-state index >= 15 is 0 Å². The van der Waals surface area contributed by atoms with E-state index in [0.717, 1.165) is 31.4 Å². The van der Waals surface area contributed by atoms with Crippen LogP contribution in [-0.2, 0) is 22.9 Å². The molecule has 0 aliphatic carbocycles. The van der Waals surface area contributed by atoms with Crippen molar-refractivity contribution in [3.05, 3.63) is 70.5 Å². The Morgan fingerprint density at radius 2 is 1.78 bits per heavy atom. The quantitative estimate of drug-likeness (QED) is 0.477. The Balaban J connectivity index is 2.10. The number of nitrogens with zero attached hydrogens (tertiary/aromatic N) is 2. The summed E-state index contributed by atoms with van der Waals surface area (Å²) in [5.41, 5.74) is 5.47. The zero-order valence-corrected chi connectivity index (χ0v) is 18.3. The van der Waals surface area contributed by atoms with E-state index in [9.17, 15) is 22.4 Å². The van der Waals surface area contributed by atoms with Crippen molar-refractivity contribution in [1.29, 1.82) is 0 Å². The van der Waals surface area contributed by atoms with Crippen LogP contribution in [0.5, 0.6) is 0 Å². The molecule has 172 valence electrons. The lowest BCUT2D eigenvalue weighted by Crippen LogP contribution is -2.52. The number of aryl methyl sites for hydroxylation is 1. The fourth-order valence-corrected chi connectivity index (χ4v) is 4.13. The normalized spacial score (nSPS) is 21.6. The summed E-state index contributed by atoms with van der Waals surface area (Å²) >= 11 is 0. The molecule has 2 unspecified atom stereocenters. The van der Waals surface area contributed by atoms with Gasteiger partial charge in [-0.05, 0) is 54.7 Å². The summed E-state index contributed by atoms with van der Waals surface area (Å²) in [5.74, 6) is -1.65. The molecule has 0 saturated heterocycles. The molecule has 0 bridgehead atoms. The molecular formula is C24H27F4N3O. The minimum atomic E-state index is -4.48. The Bertz CT molecular complexity index is 1020. The molecule has 1 heterocycles. The Kier molecular flexibility index (Phi) is 6.62. The summed E-state index contributed by atoms with van der Waals surface area (Å²) in [6.45, 7) is 3.76. The summed E-state index contributed by atoms with van der Waals surface area (Å²) < 4.78 is 53.5. The molecule has 8 heteroatoms. The number of likely N-dealkylation sites (N-methyl/N-ethyl adjacent to an activating group) is 1. The van der Waals surface area contributed by atoms with Crippen LogP contribution in [0.3, 0.4) is 0 Å². The van der Waals surface area contributed by atoms with E-state index in [4.69, 9.17) is 5.73 Å². The summed E-state index contributed by atoms with van der Waals surface area (Å²) in [6, 6.07) is 9.08. The van der Waals surface area contributed by atoms with Gasteiger partial charge in [-0.2, -0.15) is 13.2 Å². The van der Waals surface area contributed by atoms with Gasteiger partial charge in [0.15, 0.2) is 5.96 Å². The second kappa shape index (κ2) is 8.92. The Morgan fingerprint density at radius 3 is 2.38 bits per heavy atom. The molecule has 2 aromatic rings. The highest BCUT2D eigenvalue weighted by Gasteiger charge is 2.47. The first-order valence-electron chi connectivity index (χ1n) is 10.6. The number of hydrogen-bond donors (Lipinski definition) is 1. The maximum Gasteiger partial charge on any atom is 0.416 e. The van der Waals surface area contributed by atoms with Crippen LogP contribution in [0.15, 0.2) is 47.5 Å². The molecule has 0 radical (unpaired) electrons. The topological polar surface area (TPSA) is 58.7 Å². The maximum absolute atomic E-state index is 14.4. The minimum Gasteiger partial charge on any atom is -0.369 e. The number of guanidine groups is 1. The van der Waals surface area contributed by atoms with Gasteiger partial charge >= 0.3 is 6.18 Å². The monoisotopic (exact) mass is 449 g/mol. The van der Waals surface area contributed by atoms with Gasteiger partial charge in [-0.25, -0.2) is 9.38 Å². The van der Waals surface area contributed by atoms with Crippen molar-refractivity contribution in [2.24, 2.45) is 10.7 Å². The highest BCUT2D eigenvalue weighted by Crippen LogP contribution is 2.44. The standard InChI is InChI=1S/C24H27F4N3O/c1-4-5-6-7-16-14-18(12-13-19(16)25)23(2)20(21(32)31(3)22(29)30-23)15-8-10-17(11-9-15)24(26,27)28/h8-14,20H,4-7H2,1-3H3,(H2,29,30). The molecule has 3 rings (SSSR count). The molecule has 32 heavy (non-hydrogen) atoms. The smallest absolute Gasteiger partial charge is 0.369 e. The largest absolute Gasteiger partial charge is 0.416 e. The van der Waals surface area contributed by atoms with E-state index in [-0.39, 0.29) is 11.8 Å². The number of unbranched alkanes of at least 4 members (excludes halogenated alkanes) is 2. The Hall–Kier alpha value is -2.90. The van der Waals surface area contributed by atoms with Gasteiger partial charge in [-0.1, -0.05) is 44.0 Å². The molecule has 1 amide bonds. The predicted octanol–water partition coefficient (Wildman–Crippen LogP) is 5.36. The average Bonchev–Trinajstić information content (AvgIpc) is 2.73. The van der Waals surface area contributed by atoms with E-state index < -0.39 is 29.1 Å². The number of rotatable bonds is 6. The van der Waals surface area contributed by atoms with Crippen molar-refractivity contribution >= 4 is 11.9 Å². The van der Waals surface area contributed by atoms with Gasteiger partial charge < -0.3 is 5.73 Å². The lowest BCUT2D eigenvalue weighted by molar-refractivity contribution is -0.137. The predicted molar refractivity (Wildman–Crippen MR) is 116 cm³/mol. The van der Waals surface area contributed by atoms with Gasteiger partial charge in [-0.15, -0.1) is 0 Å². The number of amides is 1. The third-order valence-electron chi connectivity index (χ3n) is 6.08. The van der Waals surface area contributed by atoms with Gasteiger partial charge in [0.1, 0.15) is 11.4 Å². The molecular weight excluding hydrogens is 422 g/mol. The third-order valence-corrected chi connectivity index (χ3v) is 6.08. The number of nitrogens with two attached hydrogens (primary N) is 1. The lowest BCUT2D eigenvalue weighted by Gasteiger charge is -2.41. The molecule has 1 aliphatic heterocycles. The number of benzene rings is 2. The second-order valence-electron chi connectivity index (χ2n) is 8.33. The maximum atomic E-state index is 14.4. The molecule has 1 aliphatic rings. The molecule has 0 aromatic heterocycles. The number of aliphatic imine (C=N–C) groups is 1. The Labute approximate surface area is 185 Å². The van der Waals surface area contributed by atoms with Crippen molar-refractivity contribution in [3.8, 4) is 0 Å². The highest BCUT2D eigenvalue weighted by molar-refractivity contribution is 6.02. The van der Waals surface area contributed by atoms with Gasteiger partial charge in [0.25, 0.3) is 0 Å². The van der Waals surface area contributed by atoms with Crippen molar-refractivity contribution < 1.29 is 22.4 Å². The van der Waals surface area contributed by atoms with Crippen LogP contribution in [0.1, 0.15) is 61.3 Å². The number of carbonyl (C=O) groups is 1. The van der Waals surface area contributed by atoms with E-state index in [1.54, 1.807) is 19.1 Å². The number of alkyl halides is 3. The first-order chi connectivity index (χ1) is 15.0. The van der Waals surface area contributed by atoms with Crippen LogP contribution in [0, 0.1) is 5.82 Å². The van der Waals surface area contributed by atoms with Gasteiger partial charge in [0.2, 0.25) is 5.91 Å². The van der Waals surface area contributed by atoms with E-state index in [2.05, 4.69) is 11.9 Å². The van der Waals surface area contributed by atoms with Crippen LogP contribution < -0.4 is 5.73 Å². The van der Waals surface area contributed by atoms with Crippen LogP contribution in [0.25, 0.3) is 0 Å². The minimum absolute atomic E-state index is 0.00230.